The number of hydrogen-bond donors (Lipinski definition) is 1. The zero-order valence-corrected chi connectivity index (χ0v) is 12.0. The molecule has 106 valence electrons. The van der Waals surface area contributed by atoms with Crippen LogP contribution >= 0.6 is 0 Å². The van der Waals surface area contributed by atoms with E-state index in [-0.39, 0.29) is 5.82 Å². The Morgan fingerprint density at radius 3 is 2.79 bits per heavy atom. The van der Waals surface area contributed by atoms with Crippen LogP contribution in [0.1, 0.15) is 24.3 Å². The summed E-state index contributed by atoms with van der Waals surface area (Å²) in [5.74, 6) is 1.10. The van der Waals surface area contributed by atoms with Gasteiger partial charge in [-0.25, -0.2) is 4.39 Å². The molecule has 1 N–H and O–H groups in total. The summed E-state index contributed by atoms with van der Waals surface area (Å²) in [5.41, 5.74) is 0.785. The van der Waals surface area contributed by atoms with Gasteiger partial charge in [0.15, 0.2) is 0 Å². The van der Waals surface area contributed by atoms with Crippen LogP contribution in [0.5, 0.6) is 5.75 Å². The lowest BCUT2D eigenvalue weighted by atomic mass is 9.90. The van der Waals surface area contributed by atoms with E-state index in [4.69, 9.17) is 4.74 Å². The first-order valence-electron chi connectivity index (χ1n) is 6.60. The van der Waals surface area contributed by atoms with Crippen molar-refractivity contribution >= 4 is 10.8 Å². The smallest absolute Gasteiger partial charge is 0.130 e. The molecule has 0 aromatic heterocycles. The highest BCUT2D eigenvalue weighted by Gasteiger charge is 2.18. The van der Waals surface area contributed by atoms with Gasteiger partial charge in [0.25, 0.3) is 0 Å². The molecule has 1 aromatic rings. The van der Waals surface area contributed by atoms with Gasteiger partial charge in [-0.05, 0) is 43.5 Å². The Morgan fingerprint density at radius 2 is 2.16 bits per heavy atom. The summed E-state index contributed by atoms with van der Waals surface area (Å²) in [7, 11) is -0.879. The van der Waals surface area contributed by atoms with Gasteiger partial charge in [-0.15, -0.1) is 0 Å². The summed E-state index contributed by atoms with van der Waals surface area (Å²) in [6.07, 6.45) is 3.59. The molecule has 0 bridgehead atoms. The Bertz CT molecular complexity index is 447. The van der Waals surface area contributed by atoms with Crippen molar-refractivity contribution in [1.29, 1.82) is 0 Å². The molecule has 1 aliphatic heterocycles. The lowest BCUT2D eigenvalue weighted by molar-refractivity contribution is 0.340. The normalized spacial score (nSPS) is 18.2. The van der Waals surface area contributed by atoms with Gasteiger partial charge in [0, 0.05) is 23.1 Å². The number of ether oxygens (including phenoxy) is 1. The summed E-state index contributed by atoms with van der Waals surface area (Å²) >= 11 is 0. The quantitative estimate of drug-likeness (QED) is 0.900. The third-order valence-electron chi connectivity index (χ3n) is 3.39. The zero-order valence-electron chi connectivity index (χ0n) is 11.2. The molecule has 0 saturated carbocycles. The van der Waals surface area contributed by atoms with E-state index in [1.807, 2.05) is 6.07 Å². The Kier molecular flexibility index (Phi) is 5.34. The molecule has 2 rings (SSSR count). The van der Waals surface area contributed by atoms with Gasteiger partial charge in [-0.3, -0.25) is 4.21 Å². The molecule has 1 fully saturated rings. The number of piperidine rings is 1. The molecule has 1 saturated heterocycles. The van der Waals surface area contributed by atoms with Gasteiger partial charge in [-0.2, -0.15) is 0 Å². The van der Waals surface area contributed by atoms with Crippen LogP contribution in [0.3, 0.4) is 0 Å². The van der Waals surface area contributed by atoms with Crippen molar-refractivity contribution in [3.63, 3.8) is 0 Å². The van der Waals surface area contributed by atoms with Crippen LogP contribution in [-0.4, -0.2) is 35.9 Å². The van der Waals surface area contributed by atoms with Crippen molar-refractivity contribution in [2.75, 3.05) is 31.7 Å². The molecule has 19 heavy (non-hydrogen) atoms. The molecular weight excluding hydrogens is 265 g/mol. The fourth-order valence-electron chi connectivity index (χ4n) is 2.34. The van der Waals surface area contributed by atoms with Crippen LogP contribution in [0.2, 0.25) is 0 Å². The molecule has 1 heterocycles. The highest BCUT2D eigenvalue weighted by atomic mass is 32.2. The molecule has 0 amide bonds. The summed E-state index contributed by atoms with van der Waals surface area (Å²) in [6.45, 7) is 2.25. The van der Waals surface area contributed by atoms with E-state index in [2.05, 4.69) is 5.32 Å². The molecular formula is C14H20FNO2S. The van der Waals surface area contributed by atoms with Crippen molar-refractivity contribution in [1.82, 2.24) is 5.32 Å². The monoisotopic (exact) mass is 285 g/mol. The summed E-state index contributed by atoms with van der Waals surface area (Å²) in [5, 5.41) is 3.28. The van der Waals surface area contributed by atoms with E-state index in [0.717, 1.165) is 31.5 Å². The Balaban J connectivity index is 1.98. The minimum absolute atomic E-state index is 0.193. The van der Waals surface area contributed by atoms with E-state index in [0.29, 0.717) is 24.0 Å². The minimum atomic E-state index is -0.879. The number of rotatable bonds is 5. The average Bonchev–Trinajstić information content (AvgIpc) is 2.39. The van der Waals surface area contributed by atoms with E-state index in [1.54, 1.807) is 12.3 Å². The highest BCUT2D eigenvalue weighted by molar-refractivity contribution is 7.84. The van der Waals surface area contributed by atoms with Crippen molar-refractivity contribution in [3.8, 4) is 5.75 Å². The number of halogens is 1. The van der Waals surface area contributed by atoms with E-state index >= 15 is 0 Å². The van der Waals surface area contributed by atoms with Crippen LogP contribution in [0.4, 0.5) is 4.39 Å². The predicted octanol–water partition coefficient (Wildman–Crippen LogP) is 2.05. The van der Waals surface area contributed by atoms with Crippen LogP contribution in [0.25, 0.3) is 0 Å². The topological polar surface area (TPSA) is 38.3 Å². The summed E-state index contributed by atoms with van der Waals surface area (Å²) in [4.78, 5) is 0. The van der Waals surface area contributed by atoms with Gasteiger partial charge in [0.05, 0.1) is 12.4 Å². The molecule has 0 aliphatic carbocycles. The van der Waals surface area contributed by atoms with E-state index < -0.39 is 10.8 Å². The van der Waals surface area contributed by atoms with Crippen molar-refractivity contribution in [3.05, 3.63) is 29.6 Å². The molecule has 1 atom stereocenters. The van der Waals surface area contributed by atoms with Crippen LogP contribution < -0.4 is 10.1 Å². The lowest BCUT2D eigenvalue weighted by Gasteiger charge is -2.23. The molecule has 0 spiro atoms. The zero-order chi connectivity index (χ0) is 13.7. The second-order valence-electron chi connectivity index (χ2n) is 4.83. The second kappa shape index (κ2) is 7.01. The first kappa shape index (κ1) is 14.5. The Labute approximate surface area is 116 Å². The highest BCUT2D eigenvalue weighted by Crippen LogP contribution is 2.29. The van der Waals surface area contributed by atoms with Gasteiger partial charge >= 0.3 is 0 Å². The Morgan fingerprint density at radius 1 is 1.42 bits per heavy atom. The maximum absolute atomic E-state index is 14.1. The fourth-order valence-corrected chi connectivity index (χ4v) is 2.66. The summed E-state index contributed by atoms with van der Waals surface area (Å²) in [6, 6.07) is 5.07. The maximum Gasteiger partial charge on any atom is 0.130 e. The largest absolute Gasteiger partial charge is 0.493 e. The second-order valence-corrected chi connectivity index (χ2v) is 6.39. The molecule has 1 unspecified atom stereocenters. The van der Waals surface area contributed by atoms with Crippen LogP contribution in [-0.2, 0) is 10.8 Å². The van der Waals surface area contributed by atoms with E-state index in [1.165, 1.54) is 6.07 Å². The first-order valence-corrected chi connectivity index (χ1v) is 8.32. The minimum Gasteiger partial charge on any atom is -0.493 e. The van der Waals surface area contributed by atoms with Crippen molar-refractivity contribution < 1.29 is 13.3 Å². The molecule has 3 nitrogen and oxygen atoms in total. The number of benzene rings is 1. The number of nitrogens with one attached hydrogen (secondary N) is 1. The molecule has 0 radical (unpaired) electrons. The third kappa shape index (κ3) is 4.28. The lowest BCUT2D eigenvalue weighted by Crippen LogP contribution is -2.27. The Hall–Kier alpha value is -0.940. The predicted molar refractivity (Wildman–Crippen MR) is 75.7 cm³/mol. The SMILES string of the molecule is CS(=O)CCOc1ccc(C2CCNCC2)c(F)c1. The number of hydrogen-bond acceptors (Lipinski definition) is 3. The van der Waals surface area contributed by atoms with E-state index in [9.17, 15) is 8.60 Å². The molecule has 5 heteroatoms. The maximum atomic E-state index is 14.1. The van der Waals surface area contributed by atoms with Gasteiger partial charge in [0.1, 0.15) is 11.6 Å². The van der Waals surface area contributed by atoms with Gasteiger partial charge in [0.2, 0.25) is 0 Å². The average molecular weight is 285 g/mol. The molecule has 1 aliphatic rings. The summed E-state index contributed by atoms with van der Waals surface area (Å²) < 4.78 is 30.4. The standard InChI is InChI=1S/C14H20FNO2S/c1-19(17)9-8-18-12-2-3-13(14(15)10-12)11-4-6-16-7-5-11/h2-3,10-11,16H,4-9H2,1H3. The fraction of sp³-hybridized carbons (Fsp3) is 0.571. The molecule has 1 aromatic carbocycles. The third-order valence-corrected chi connectivity index (χ3v) is 4.13. The first-order chi connectivity index (χ1) is 9.16. The van der Waals surface area contributed by atoms with Crippen LogP contribution in [0, 0.1) is 5.82 Å². The van der Waals surface area contributed by atoms with Crippen molar-refractivity contribution in [2.24, 2.45) is 0 Å². The van der Waals surface area contributed by atoms with Gasteiger partial charge in [-0.1, -0.05) is 6.07 Å². The van der Waals surface area contributed by atoms with Crippen LogP contribution in [0.15, 0.2) is 18.2 Å². The van der Waals surface area contributed by atoms with Gasteiger partial charge < -0.3 is 10.1 Å². The van der Waals surface area contributed by atoms with Crippen molar-refractivity contribution in [2.45, 2.75) is 18.8 Å².